The van der Waals surface area contributed by atoms with Gasteiger partial charge in [0.1, 0.15) is 0 Å². The fourth-order valence-electron chi connectivity index (χ4n) is 2.57. The van der Waals surface area contributed by atoms with Crippen molar-refractivity contribution in [1.29, 1.82) is 0 Å². The Bertz CT molecular complexity index is 1050. The average Bonchev–Trinajstić information content (AvgIpc) is 2.67. The Morgan fingerprint density at radius 1 is 0.933 bits per heavy atom. The topological polar surface area (TPSA) is 119 Å². The average molecular weight is 432 g/mol. The molecule has 0 spiro atoms. The summed E-state index contributed by atoms with van der Waals surface area (Å²) in [5.41, 5.74) is 3.33. The van der Waals surface area contributed by atoms with Gasteiger partial charge in [-0.05, 0) is 44.5 Å². The van der Waals surface area contributed by atoms with Crippen LogP contribution < -0.4 is 10.6 Å². The molecule has 0 aromatic heterocycles. The Morgan fingerprint density at radius 2 is 1.57 bits per heavy atom. The summed E-state index contributed by atoms with van der Waals surface area (Å²) in [5, 5.41) is 4.58. The number of amides is 3. The van der Waals surface area contributed by atoms with Crippen LogP contribution in [0.4, 0.5) is 10.5 Å². The van der Waals surface area contributed by atoms with Gasteiger partial charge in [0, 0.05) is 5.69 Å². The van der Waals surface area contributed by atoms with Crippen LogP contribution in [-0.2, 0) is 24.2 Å². The molecule has 0 unspecified atom stereocenters. The first-order valence-corrected chi connectivity index (χ1v) is 10.9. The van der Waals surface area contributed by atoms with E-state index in [0.717, 1.165) is 16.7 Å². The number of esters is 1. The molecule has 0 aliphatic rings. The van der Waals surface area contributed by atoms with E-state index in [0.29, 0.717) is 5.69 Å². The highest BCUT2D eigenvalue weighted by atomic mass is 32.2. The standard InChI is InChI=1S/C21H24N2O6S/c1-14-4-7-17(8-5-14)30(27,28)11-10-20(25)29-13-19(24)23-21(26)22-18-9-6-15(2)12-16(18)3/h4-9,12H,10-11,13H2,1-3H3,(H2,22,23,24,26). The second-order valence-electron chi connectivity index (χ2n) is 6.86. The van der Waals surface area contributed by atoms with Crippen molar-refractivity contribution < 1.29 is 27.5 Å². The Balaban J connectivity index is 1.76. The van der Waals surface area contributed by atoms with Gasteiger partial charge in [-0.3, -0.25) is 14.9 Å². The van der Waals surface area contributed by atoms with E-state index in [4.69, 9.17) is 4.74 Å². The van der Waals surface area contributed by atoms with Gasteiger partial charge in [0.2, 0.25) is 0 Å². The normalized spacial score (nSPS) is 10.9. The molecule has 0 heterocycles. The van der Waals surface area contributed by atoms with E-state index in [1.54, 1.807) is 18.2 Å². The quantitative estimate of drug-likeness (QED) is 0.650. The van der Waals surface area contributed by atoms with Gasteiger partial charge in [-0.15, -0.1) is 0 Å². The van der Waals surface area contributed by atoms with Crippen LogP contribution in [0.5, 0.6) is 0 Å². The fraction of sp³-hybridized carbons (Fsp3) is 0.286. The first-order valence-electron chi connectivity index (χ1n) is 9.20. The van der Waals surface area contributed by atoms with Gasteiger partial charge in [0.15, 0.2) is 16.4 Å². The van der Waals surface area contributed by atoms with Gasteiger partial charge in [-0.25, -0.2) is 13.2 Å². The number of carbonyl (C=O) groups is 3. The minimum absolute atomic E-state index is 0.113. The number of carbonyl (C=O) groups excluding carboxylic acids is 3. The van der Waals surface area contributed by atoms with Gasteiger partial charge < -0.3 is 10.1 Å². The molecule has 160 valence electrons. The lowest BCUT2D eigenvalue weighted by atomic mass is 10.1. The molecule has 8 nitrogen and oxygen atoms in total. The number of anilines is 1. The summed E-state index contributed by atoms with van der Waals surface area (Å²) in [4.78, 5) is 35.5. The molecule has 0 radical (unpaired) electrons. The van der Waals surface area contributed by atoms with Crippen molar-refractivity contribution in [2.45, 2.75) is 32.1 Å². The number of imide groups is 1. The van der Waals surface area contributed by atoms with Crippen LogP contribution in [0.1, 0.15) is 23.1 Å². The van der Waals surface area contributed by atoms with E-state index in [1.807, 2.05) is 38.2 Å². The van der Waals surface area contributed by atoms with E-state index in [2.05, 4.69) is 5.32 Å². The van der Waals surface area contributed by atoms with Crippen LogP contribution in [0.25, 0.3) is 0 Å². The first kappa shape index (κ1) is 23.1. The van der Waals surface area contributed by atoms with Crippen LogP contribution in [0, 0.1) is 20.8 Å². The van der Waals surface area contributed by atoms with E-state index in [-0.39, 0.29) is 4.90 Å². The van der Waals surface area contributed by atoms with Crippen LogP contribution in [0.3, 0.4) is 0 Å². The molecule has 0 aliphatic carbocycles. The highest BCUT2D eigenvalue weighted by Crippen LogP contribution is 2.16. The predicted molar refractivity (Wildman–Crippen MR) is 112 cm³/mol. The lowest BCUT2D eigenvalue weighted by molar-refractivity contribution is -0.147. The molecular formula is C21H24N2O6S. The highest BCUT2D eigenvalue weighted by Gasteiger charge is 2.18. The number of urea groups is 1. The third-order valence-electron chi connectivity index (χ3n) is 4.20. The maximum absolute atomic E-state index is 12.2. The summed E-state index contributed by atoms with van der Waals surface area (Å²) in [6.07, 6.45) is -0.405. The number of ether oxygens (including phenoxy) is 1. The van der Waals surface area contributed by atoms with E-state index in [1.165, 1.54) is 12.1 Å². The fourth-order valence-corrected chi connectivity index (χ4v) is 3.79. The third-order valence-corrected chi connectivity index (χ3v) is 5.93. The van der Waals surface area contributed by atoms with Crippen LogP contribution in [-0.4, -0.2) is 38.7 Å². The smallest absolute Gasteiger partial charge is 0.325 e. The Hall–Kier alpha value is -3.20. The largest absolute Gasteiger partial charge is 0.456 e. The minimum Gasteiger partial charge on any atom is -0.456 e. The van der Waals surface area contributed by atoms with Crippen molar-refractivity contribution in [3.63, 3.8) is 0 Å². The number of hydrogen-bond acceptors (Lipinski definition) is 6. The third kappa shape index (κ3) is 7.00. The first-order chi connectivity index (χ1) is 14.1. The molecule has 0 bridgehead atoms. The molecular weight excluding hydrogens is 408 g/mol. The molecule has 2 aromatic carbocycles. The summed E-state index contributed by atoms with van der Waals surface area (Å²) >= 11 is 0. The number of aryl methyl sites for hydroxylation is 3. The molecule has 0 fully saturated rings. The molecule has 0 saturated carbocycles. The molecule has 0 saturated heterocycles. The second kappa shape index (κ2) is 10.0. The zero-order valence-electron chi connectivity index (χ0n) is 17.0. The molecule has 0 atom stereocenters. The zero-order valence-corrected chi connectivity index (χ0v) is 17.8. The maximum Gasteiger partial charge on any atom is 0.325 e. The van der Waals surface area contributed by atoms with Crippen molar-refractivity contribution in [3.05, 3.63) is 59.2 Å². The molecule has 2 aromatic rings. The van der Waals surface area contributed by atoms with Gasteiger partial charge in [0.05, 0.1) is 17.1 Å². The Morgan fingerprint density at radius 3 is 2.20 bits per heavy atom. The Kier molecular flexibility index (Phi) is 7.71. The maximum atomic E-state index is 12.2. The molecule has 2 rings (SSSR count). The van der Waals surface area contributed by atoms with Gasteiger partial charge in [-0.1, -0.05) is 35.4 Å². The molecule has 9 heteroatoms. The molecule has 2 N–H and O–H groups in total. The van der Waals surface area contributed by atoms with Crippen molar-refractivity contribution in [3.8, 4) is 0 Å². The van der Waals surface area contributed by atoms with Crippen LogP contribution in [0.2, 0.25) is 0 Å². The van der Waals surface area contributed by atoms with Crippen LogP contribution in [0.15, 0.2) is 47.4 Å². The number of benzene rings is 2. The number of hydrogen-bond donors (Lipinski definition) is 2. The predicted octanol–water partition coefficient (Wildman–Crippen LogP) is 2.67. The zero-order chi connectivity index (χ0) is 22.3. The summed E-state index contributed by atoms with van der Waals surface area (Å²) in [6, 6.07) is 10.9. The summed E-state index contributed by atoms with van der Waals surface area (Å²) in [6.45, 7) is 4.88. The van der Waals surface area contributed by atoms with Gasteiger partial charge in [0.25, 0.3) is 5.91 Å². The van der Waals surface area contributed by atoms with Gasteiger partial charge >= 0.3 is 12.0 Å². The van der Waals surface area contributed by atoms with Crippen molar-refractivity contribution >= 4 is 33.4 Å². The van der Waals surface area contributed by atoms with Crippen molar-refractivity contribution in [2.24, 2.45) is 0 Å². The monoisotopic (exact) mass is 432 g/mol. The minimum atomic E-state index is -3.64. The van der Waals surface area contributed by atoms with E-state index >= 15 is 0 Å². The second-order valence-corrected chi connectivity index (χ2v) is 8.97. The van der Waals surface area contributed by atoms with Gasteiger partial charge in [-0.2, -0.15) is 0 Å². The number of rotatable bonds is 7. The number of nitrogens with one attached hydrogen (secondary N) is 2. The van der Waals surface area contributed by atoms with Crippen molar-refractivity contribution in [2.75, 3.05) is 17.7 Å². The highest BCUT2D eigenvalue weighted by molar-refractivity contribution is 7.91. The van der Waals surface area contributed by atoms with E-state index < -0.39 is 46.5 Å². The molecule has 0 aliphatic heterocycles. The lowest BCUT2D eigenvalue weighted by Crippen LogP contribution is -2.37. The molecule has 3 amide bonds. The Labute approximate surface area is 175 Å². The number of sulfone groups is 1. The summed E-state index contributed by atoms with van der Waals surface area (Å²) in [7, 11) is -3.64. The van der Waals surface area contributed by atoms with Crippen LogP contribution >= 0.6 is 0 Å². The SMILES string of the molecule is Cc1ccc(S(=O)(=O)CCC(=O)OCC(=O)NC(=O)Nc2ccc(C)cc2C)cc1. The summed E-state index contributed by atoms with van der Waals surface area (Å²) < 4.78 is 29.2. The lowest BCUT2D eigenvalue weighted by Gasteiger charge is -2.10. The summed E-state index contributed by atoms with van der Waals surface area (Å²) in [5.74, 6) is -2.12. The molecule has 30 heavy (non-hydrogen) atoms. The van der Waals surface area contributed by atoms with Crippen molar-refractivity contribution in [1.82, 2.24) is 5.32 Å². The van der Waals surface area contributed by atoms with E-state index in [9.17, 15) is 22.8 Å².